The van der Waals surface area contributed by atoms with Crippen LogP contribution in [0.15, 0.2) is 30.3 Å². The number of carbonyl (C=O) groups excluding carboxylic acids is 4. The van der Waals surface area contributed by atoms with Gasteiger partial charge in [0.25, 0.3) is 9.70 Å². The number of hydrogen-bond donors (Lipinski definition) is 1. The minimum absolute atomic E-state index is 0.0248. The predicted molar refractivity (Wildman–Crippen MR) is 120 cm³/mol. The summed E-state index contributed by atoms with van der Waals surface area (Å²) < 4.78 is 25.1. The van der Waals surface area contributed by atoms with E-state index >= 15 is 0 Å². The first-order valence-corrected chi connectivity index (χ1v) is 11.2. The van der Waals surface area contributed by atoms with Crippen molar-refractivity contribution in [1.29, 1.82) is 0 Å². The largest absolute Gasteiger partial charge is 0.463 e. The van der Waals surface area contributed by atoms with E-state index in [2.05, 4.69) is 5.32 Å². The molecule has 0 unspecified atom stereocenters. The molecule has 0 saturated carbocycles. The molecule has 13 heteroatoms. The van der Waals surface area contributed by atoms with Crippen molar-refractivity contribution >= 4 is 58.6 Å². The predicted octanol–water partition coefficient (Wildman–Crippen LogP) is 2.21. The monoisotopic (exact) mass is 539 g/mol. The van der Waals surface area contributed by atoms with E-state index in [0.29, 0.717) is 0 Å². The third-order valence-electron chi connectivity index (χ3n) is 4.51. The van der Waals surface area contributed by atoms with E-state index in [1.54, 1.807) is 24.3 Å². The van der Waals surface area contributed by atoms with Crippen LogP contribution in [-0.2, 0) is 49.5 Å². The number of nitrogens with one attached hydrogen (secondary N) is 1. The number of alkyl halides is 3. The summed E-state index contributed by atoms with van der Waals surface area (Å²) in [5.41, 5.74) is 0.764. The molecule has 2 rings (SSSR count). The summed E-state index contributed by atoms with van der Waals surface area (Å²) in [4.78, 5) is 47.6. The summed E-state index contributed by atoms with van der Waals surface area (Å²) >= 11 is 17.1. The van der Waals surface area contributed by atoms with Gasteiger partial charge in [-0.3, -0.25) is 19.2 Å². The summed E-state index contributed by atoms with van der Waals surface area (Å²) in [6, 6.07) is 7.72. The maximum absolute atomic E-state index is 12.5. The van der Waals surface area contributed by atoms with Crippen molar-refractivity contribution < 1.29 is 42.9 Å². The Balaban J connectivity index is 2.43. The van der Waals surface area contributed by atoms with Crippen molar-refractivity contribution in [2.24, 2.45) is 0 Å². The van der Waals surface area contributed by atoms with Crippen LogP contribution in [0, 0.1) is 0 Å². The van der Waals surface area contributed by atoms with Crippen molar-refractivity contribution in [1.82, 2.24) is 5.32 Å². The Morgan fingerprint density at radius 1 is 0.941 bits per heavy atom. The lowest BCUT2D eigenvalue weighted by Gasteiger charge is -2.45. The molecule has 0 bridgehead atoms. The molecule has 1 aromatic carbocycles. The molecule has 1 aliphatic rings. The third kappa shape index (κ3) is 8.59. The number of hydrogen-bond acceptors (Lipinski definition) is 9. The first-order valence-electron chi connectivity index (χ1n) is 10.0. The molecule has 1 aliphatic heterocycles. The molecule has 1 heterocycles. The van der Waals surface area contributed by atoms with E-state index in [0.717, 1.165) is 19.4 Å². The number of ether oxygens (including phenoxy) is 5. The quantitative estimate of drug-likeness (QED) is 0.300. The molecule has 0 aromatic heterocycles. The molecule has 10 nitrogen and oxygen atoms in total. The summed E-state index contributed by atoms with van der Waals surface area (Å²) in [5.74, 6) is -3.18. The fourth-order valence-corrected chi connectivity index (χ4v) is 3.35. The highest BCUT2D eigenvalue weighted by molar-refractivity contribution is 6.76. The highest BCUT2D eigenvalue weighted by Gasteiger charge is 2.52. The second kappa shape index (κ2) is 12.6. The SMILES string of the molecule is CC(=O)OC[C@H]1O[C@@H](OCc2ccccc2)[C@H](NC(=O)C(Cl)(Cl)Cl)[C@@H](OC(C)=O)[C@@H]1OC(C)=O. The zero-order valence-corrected chi connectivity index (χ0v) is 20.8. The van der Waals surface area contributed by atoms with E-state index in [1.807, 2.05) is 6.07 Å². The van der Waals surface area contributed by atoms with Gasteiger partial charge >= 0.3 is 17.9 Å². The van der Waals surface area contributed by atoms with Gasteiger partial charge in [0, 0.05) is 20.8 Å². The normalized spacial score (nSPS) is 24.6. The Morgan fingerprint density at radius 3 is 2.06 bits per heavy atom. The number of halogens is 3. The first-order chi connectivity index (χ1) is 15.9. The highest BCUT2D eigenvalue weighted by atomic mass is 35.6. The standard InChI is InChI=1S/C21H24Cl3NO9/c1-11(26)30-10-15-17(32-12(2)27)18(33-13(3)28)16(25-20(29)21(22,23)24)19(34-15)31-9-14-7-5-4-6-8-14/h4-8,15-19H,9-10H2,1-3H3,(H,25,29)/t15-,16-,17-,18-,19-/m1/s1. The molecule has 1 fully saturated rings. The molecule has 0 spiro atoms. The zero-order valence-electron chi connectivity index (χ0n) is 18.5. The minimum atomic E-state index is -2.36. The van der Waals surface area contributed by atoms with Crippen molar-refractivity contribution in [3.05, 3.63) is 35.9 Å². The molecule has 188 valence electrons. The maximum Gasteiger partial charge on any atom is 0.303 e. The van der Waals surface area contributed by atoms with Crippen molar-refractivity contribution in [2.45, 2.75) is 61.8 Å². The summed E-state index contributed by atoms with van der Waals surface area (Å²) in [5, 5.41) is 2.43. The summed E-state index contributed by atoms with van der Waals surface area (Å²) in [6.45, 7) is 3.09. The molecule has 1 aromatic rings. The average Bonchev–Trinajstić information content (AvgIpc) is 2.73. The molecule has 0 aliphatic carbocycles. The maximum atomic E-state index is 12.5. The van der Waals surface area contributed by atoms with Crippen molar-refractivity contribution in [3.8, 4) is 0 Å². The number of carbonyl (C=O) groups is 4. The Labute approximate surface area is 211 Å². The molecular formula is C21H24Cl3NO9. The van der Waals surface area contributed by atoms with Crippen LogP contribution in [0.2, 0.25) is 0 Å². The Kier molecular flexibility index (Phi) is 10.4. The van der Waals surface area contributed by atoms with E-state index in [1.165, 1.54) is 6.92 Å². The molecule has 0 radical (unpaired) electrons. The van der Waals surface area contributed by atoms with Crippen LogP contribution in [0.5, 0.6) is 0 Å². The average molecular weight is 541 g/mol. The summed E-state index contributed by atoms with van der Waals surface area (Å²) in [6.07, 6.45) is -5.03. The van der Waals surface area contributed by atoms with Crippen LogP contribution in [0.3, 0.4) is 0 Å². The van der Waals surface area contributed by atoms with Gasteiger partial charge in [-0.2, -0.15) is 0 Å². The van der Waals surface area contributed by atoms with Gasteiger partial charge in [-0.1, -0.05) is 65.1 Å². The van der Waals surface area contributed by atoms with Gasteiger partial charge in [0.2, 0.25) is 0 Å². The van der Waals surface area contributed by atoms with Crippen LogP contribution < -0.4 is 5.32 Å². The number of benzene rings is 1. The van der Waals surface area contributed by atoms with Crippen LogP contribution >= 0.6 is 34.8 Å². The van der Waals surface area contributed by atoms with Gasteiger partial charge in [-0.15, -0.1) is 0 Å². The van der Waals surface area contributed by atoms with Crippen molar-refractivity contribution in [3.63, 3.8) is 0 Å². The van der Waals surface area contributed by atoms with Crippen LogP contribution in [-0.4, -0.2) is 64.9 Å². The lowest BCUT2D eigenvalue weighted by Crippen LogP contribution is -2.67. The number of rotatable bonds is 8. The van der Waals surface area contributed by atoms with E-state index < -0.39 is 58.3 Å². The second-order valence-electron chi connectivity index (χ2n) is 7.29. The van der Waals surface area contributed by atoms with E-state index in [-0.39, 0.29) is 13.2 Å². The first kappa shape index (κ1) is 28.1. The van der Waals surface area contributed by atoms with E-state index in [4.69, 9.17) is 58.5 Å². The van der Waals surface area contributed by atoms with Crippen LogP contribution in [0.1, 0.15) is 26.3 Å². The molecule has 5 atom stereocenters. The third-order valence-corrected chi connectivity index (χ3v) is 5.03. The Hall–Kier alpha value is -2.11. The molecule has 1 amide bonds. The lowest BCUT2D eigenvalue weighted by molar-refractivity contribution is -0.280. The molecule has 1 N–H and O–H groups in total. The Bertz CT molecular complexity index is 878. The van der Waals surface area contributed by atoms with Gasteiger partial charge in [0.1, 0.15) is 18.8 Å². The lowest BCUT2D eigenvalue weighted by atomic mass is 9.96. The van der Waals surface area contributed by atoms with Gasteiger partial charge in [0.05, 0.1) is 6.61 Å². The van der Waals surface area contributed by atoms with Crippen LogP contribution in [0.4, 0.5) is 0 Å². The highest BCUT2D eigenvalue weighted by Crippen LogP contribution is 2.31. The van der Waals surface area contributed by atoms with Crippen LogP contribution in [0.25, 0.3) is 0 Å². The summed E-state index contributed by atoms with van der Waals surface area (Å²) in [7, 11) is 0. The van der Waals surface area contributed by atoms with Crippen molar-refractivity contribution in [2.75, 3.05) is 6.61 Å². The molecular weight excluding hydrogens is 517 g/mol. The fourth-order valence-electron chi connectivity index (χ4n) is 3.18. The van der Waals surface area contributed by atoms with E-state index in [9.17, 15) is 19.2 Å². The minimum Gasteiger partial charge on any atom is -0.463 e. The van der Waals surface area contributed by atoms with Gasteiger partial charge in [-0.05, 0) is 5.56 Å². The number of amides is 1. The molecule has 34 heavy (non-hydrogen) atoms. The Morgan fingerprint density at radius 2 is 1.53 bits per heavy atom. The van der Waals surface area contributed by atoms with Gasteiger partial charge in [-0.25, -0.2) is 0 Å². The zero-order chi connectivity index (χ0) is 25.5. The second-order valence-corrected chi connectivity index (χ2v) is 9.57. The topological polar surface area (TPSA) is 126 Å². The van der Waals surface area contributed by atoms with Gasteiger partial charge in [0.15, 0.2) is 18.5 Å². The smallest absolute Gasteiger partial charge is 0.303 e. The molecule has 1 saturated heterocycles. The number of esters is 3. The van der Waals surface area contributed by atoms with Gasteiger partial charge < -0.3 is 29.0 Å². The fraction of sp³-hybridized carbons (Fsp3) is 0.524.